The summed E-state index contributed by atoms with van der Waals surface area (Å²) in [5, 5.41) is 4.50. The van der Waals surface area contributed by atoms with Crippen molar-refractivity contribution in [3.8, 4) is 0 Å². The predicted molar refractivity (Wildman–Crippen MR) is 124 cm³/mol. The minimum atomic E-state index is -3.63. The molecule has 0 aliphatic carbocycles. The zero-order chi connectivity index (χ0) is 23.8. The van der Waals surface area contributed by atoms with E-state index in [0.717, 1.165) is 18.4 Å². The second-order valence-electron chi connectivity index (χ2n) is 8.91. The van der Waals surface area contributed by atoms with Crippen molar-refractivity contribution in [3.63, 3.8) is 0 Å². The van der Waals surface area contributed by atoms with Crippen LogP contribution < -0.4 is 0 Å². The molecule has 0 unspecified atom stereocenters. The number of hydrogen-bond acceptors (Lipinski definition) is 6. The first-order chi connectivity index (χ1) is 15.6. The van der Waals surface area contributed by atoms with Crippen LogP contribution in [0.3, 0.4) is 0 Å². The summed E-state index contributed by atoms with van der Waals surface area (Å²) in [5.74, 6) is 0.530. The molecule has 3 heterocycles. The largest absolute Gasteiger partial charge is 0.379 e. The second-order valence-corrected chi connectivity index (χ2v) is 12.7. The standard InChI is InChI=1S/C22H32N4O5S2/c1-17-7-9-24(10-8-17)33(29,30)22-18(2)23-26(19(22)3)16-20-5-4-6-21(15-20)32(27,28)25-11-13-31-14-12-25/h4-6,15,17H,7-14,16H2,1-3H3. The van der Waals surface area contributed by atoms with E-state index in [1.165, 1.54) is 4.31 Å². The van der Waals surface area contributed by atoms with Crippen molar-refractivity contribution < 1.29 is 21.6 Å². The lowest BCUT2D eigenvalue weighted by Crippen LogP contribution is -2.40. The summed E-state index contributed by atoms with van der Waals surface area (Å²) < 4.78 is 62.6. The molecule has 9 nitrogen and oxygen atoms in total. The first-order valence-corrected chi connectivity index (χ1v) is 14.2. The summed E-state index contributed by atoms with van der Waals surface area (Å²) in [4.78, 5) is 0.479. The van der Waals surface area contributed by atoms with Crippen molar-refractivity contribution in [1.29, 1.82) is 0 Å². The van der Waals surface area contributed by atoms with Crippen LogP contribution in [-0.4, -0.2) is 74.6 Å². The van der Waals surface area contributed by atoms with Crippen LogP contribution in [-0.2, 0) is 31.3 Å². The van der Waals surface area contributed by atoms with Gasteiger partial charge < -0.3 is 4.74 Å². The maximum absolute atomic E-state index is 13.3. The number of piperidine rings is 1. The molecule has 1 aromatic heterocycles. The van der Waals surface area contributed by atoms with Crippen molar-refractivity contribution in [2.24, 2.45) is 5.92 Å². The molecule has 2 aliphatic rings. The zero-order valence-electron chi connectivity index (χ0n) is 19.4. The summed E-state index contributed by atoms with van der Waals surface area (Å²) in [6, 6.07) is 6.76. The molecule has 11 heteroatoms. The molecule has 33 heavy (non-hydrogen) atoms. The van der Waals surface area contributed by atoms with Crippen molar-refractivity contribution >= 4 is 20.0 Å². The van der Waals surface area contributed by atoms with Crippen molar-refractivity contribution in [3.05, 3.63) is 41.2 Å². The van der Waals surface area contributed by atoms with Crippen LogP contribution in [0.4, 0.5) is 0 Å². The number of nitrogens with zero attached hydrogens (tertiary/aromatic N) is 4. The molecule has 182 valence electrons. The van der Waals surface area contributed by atoms with Crippen LogP contribution in [0, 0.1) is 19.8 Å². The van der Waals surface area contributed by atoms with Gasteiger partial charge in [0.2, 0.25) is 20.0 Å². The van der Waals surface area contributed by atoms with Crippen molar-refractivity contribution in [2.45, 2.75) is 49.9 Å². The van der Waals surface area contributed by atoms with E-state index in [1.54, 1.807) is 41.0 Å². The molecular weight excluding hydrogens is 464 g/mol. The Bertz CT molecular complexity index is 1210. The SMILES string of the molecule is Cc1nn(Cc2cccc(S(=O)(=O)N3CCOCC3)c2)c(C)c1S(=O)(=O)N1CCC(C)CC1. The Kier molecular flexibility index (Phi) is 6.97. The first kappa shape index (κ1) is 24.3. The Morgan fingerprint density at radius 1 is 0.970 bits per heavy atom. The van der Waals surface area contributed by atoms with Crippen LogP contribution in [0.15, 0.2) is 34.1 Å². The smallest absolute Gasteiger partial charge is 0.246 e. The van der Waals surface area contributed by atoms with Crippen molar-refractivity contribution in [1.82, 2.24) is 18.4 Å². The molecule has 2 fully saturated rings. The molecule has 0 spiro atoms. The molecule has 0 saturated carbocycles. The molecule has 0 bridgehead atoms. The number of ether oxygens (including phenoxy) is 1. The quantitative estimate of drug-likeness (QED) is 0.606. The number of aryl methyl sites for hydroxylation is 1. The lowest BCUT2D eigenvalue weighted by Gasteiger charge is -2.29. The molecule has 2 aliphatic heterocycles. The molecule has 0 N–H and O–H groups in total. The van der Waals surface area contributed by atoms with Gasteiger partial charge >= 0.3 is 0 Å². The Labute approximate surface area is 196 Å². The van der Waals surface area contributed by atoms with Crippen LogP contribution in [0.1, 0.15) is 36.7 Å². The highest BCUT2D eigenvalue weighted by molar-refractivity contribution is 7.89. The second kappa shape index (κ2) is 9.46. The van der Waals surface area contributed by atoms with E-state index in [4.69, 9.17) is 4.74 Å². The fourth-order valence-electron chi connectivity index (χ4n) is 4.48. The Balaban J connectivity index is 1.59. The number of aromatic nitrogens is 2. The molecule has 0 amide bonds. The van der Waals surface area contributed by atoms with E-state index in [1.807, 2.05) is 6.07 Å². The molecule has 0 radical (unpaired) electrons. The number of sulfonamides is 2. The summed E-state index contributed by atoms with van der Waals surface area (Å²) in [6.07, 6.45) is 1.71. The van der Waals surface area contributed by atoms with Crippen LogP contribution in [0.25, 0.3) is 0 Å². The van der Waals surface area contributed by atoms with E-state index in [0.29, 0.717) is 56.7 Å². The summed E-state index contributed by atoms with van der Waals surface area (Å²) in [7, 11) is -7.24. The summed E-state index contributed by atoms with van der Waals surface area (Å²) in [5.41, 5.74) is 1.77. The Morgan fingerprint density at radius 2 is 1.61 bits per heavy atom. The van der Waals surface area contributed by atoms with E-state index >= 15 is 0 Å². The predicted octanol–water partition coefficient (Wildman–Crippen LogP) is 1.99. The maximum Gasteiger partial charge on any atom is 0.246 e. The third-order valence-electron chi connectivity index (χ3n) is 6.49. The Morgan fingerprint density at radius 3 is 2.27 bits per heavy atom. The summed E-state index contributed by atoms with van der Waals surface area (Å²) in [6.45, 7) is 8.38. The lowest BCUT2D eigenvalue weighted by molar-refractivity contribution is 0.0730. The molecule has 1 aromatic carbocycles. The highest BCUT2D eigenvalue weighted by atomic mass is 32.2. The maximum atomic E-state index is 13.3. The van der Waals surface area contributed by atoms with Gasteiger partial charge in [-0.2, -0.15) is 13.7 Å². The topological polar surface area (TPSA) is 102 Å². The molecular formula is C22H32N4O5S2. The van der Waals surface area contributed by atoms with Gasteiger partial charge in [-0.25, -0.2) is 16.8 Å². The Hall–Kier alpha value is -1.79. The minimum absolute atomic E-state index is 0.221. The lowest BCUT2D eigenvalue weighted by atomic mass is 10.0. The van der Waals surface area contributed by atoms with Gasteiger partial charge in [0.25, 0.3) is 0 Å². The van der Waals surface area contributed by atoms with Gasteiger partial charge in [-0.1, -0.05) is 19.1 Å². The van der Waals surface area contributed by atoms with E-state index in [9.17, 15) is 16.8 Å². The third kappa shape index (κ3) is 4.88. The van der Waals surface area contributed by atoms with E-state index < -0.39 is 20.0 Å². The highest BCUT2D eigenvalue weighted by Crippen LogP contribution is 2.28. The number of hydrogen-bond donors (Lipinski definition) is 0. The molecule has 0 atom stereocenters. The minimum Gasteiger partial charge on any atom is -0.379 e. The molecule has 2 aromatic rings. The van der Waals surface area contributed by atoms with Crippen LogP contribution in [0.5, 0.6) is 0 Å². The third-order valence-corrected chi connectivity index (χ3v) is 10.5. The average Bonchev–Trinajstić information content (AvgIpc) is 3.08. The number of benzene rings is 1. The van der Waals surface area contributed by atoms with Crippen LogP contribution >= 0.6 is 0 Å². The first-order valence-electron chi connectivity index (χ1n) is 11.3. The fraction of sp³-hybridized carbons (Fsp3) is 0.591. The fourth-order valence-corrected chi connectivity index (χ4v) is 7.80. The van der Waals surface area contributed by atoms with Gasteiger partial charge in [-0.15, -0.1) is 0 Å². The molecule has 2 saturated heterocycles. The zero-order valence-corrected chi connectivity index (χ0v) is 21.0. The normalized spacial score (nSPS) is 19.7. The average molecular weight is 497 g/mol. The van der Waals surface area contributed by atoms with Gasteiger partial charge in [-0.3, -0.25) is 4.68 Å². The molecule has 4 rings (SSSR count). The number of rotatable bonds is 6. The van der Waals surface area contributed by atoms with E-state index in [-0.39, 0.29) is 16.3 Å². The van der Waals surface area contributed by atoms with Crippen LogP contribution in [0.2, 0.25) is 0 Å². The monoisotopic (exact) mass is 496 g/mol. The van der Waals surface area contributed by atoms with Gasteiger partial charge in [-0.05, 0) is 50.3 Å². The number of morpholine rings is 1. The van der Waals surface area contributed by atoms with Crippen molar-refractivity contribution in [2.75, 3.05) is 39.4 Å². The van der Waals surface area contributed by atoms with Gasteiger partial charge in [0.1, 0.15) is 4.90 Å². The van der Waals surface area contributed by atoms with Gasteiger partial charge in [0.15, 0.2) is 0 Å². The van der Waals surface area contributed by atoms with E-state index in [2.05, 4.69) is 12.0 Å². The summed E-state index contributed by atoms with van der Waals surface area (Å²) >= 11 is 0. The van der Waals surface area contributed by atoms with Gasteiger partial charge in [0.05, 0.1) is 36.0 Å². The van der Waals surface area contributed by atoms with Gasteiger partial charge in [0, 0.05) is 26.2 Å². The highest BCUT2D eigenvalue weighted by Gasteiger charge is 2.33.